The maximum Gasteiger partial charge on any atom is 0.240 e. The number of ether oxygens (including phenoxy) is 1. The first-order valence-electron chi connectivity index (χ1n) is 8.27. The molecule has 0 spiro atoms. The average molecular weight is 356 g/mol. The van der Waals surface area contributed by atoms with Gasteiger partial charge in [0.1, 0.15) is 5.82 Å². The van der Waals surface area contributed by atoms with Crippen molar-refractivity contribution in [2.75, 3.05) is 26.2 Å². The second kappa shape index (κ2) is 6.96. The molecule has 0 aromatic heterocycles. The smallest absolute Gasteiger partial charge is 0.240 e. The molecule has 0 bridgehead atoms. The Bertz CT molecular complexity index is 604. The summed E-state index contributed by atoms with van der Waals surface area (Å²) in [7, 11) is 0. The monoisotopic (exact) mass is 355 g/mol. The van der Waals surface area contributed by atoms with E-state index in [2.05, 4.69) is 10.2 Å². The van der Waals surface area contributed by atoms with Crippen molar-refractivity contribution in [1.82, 2.24) is 10.2 Å². The number of carbonyl (C=O) groups excluding carboxylic acids is 1. The van der Waals surface area contributed by atoms with Gasteiger partial charge in [0.2, 0.25) is 5.91 Å². The first kappa shape index (κ1) is 17.6. The number of nitrogens with two attached hydrogens (primary N) is 1. The second-order valence-electron chi connectivity index (χ2n) is 6.69. The van der Waals surface area contributed by atoms with Crippen LogP contribution in [0.5, 0.6) is 0 Å². The van der Waals surface area contributed by atoms with Crippen LogP contribution in [-0.4, -0.2) is 48.7 Å². The molecule has 3 rings (SSSR count). The molecule has 2 aliphatic rings. The zero-order valence-corrected chi connectivity index (χ0v) is 14.5. The van der Waals surface area contributed by atoms with Crippen molar-refractivity contribution in [1.29, 1.82) is 0 Å². The SMILES string of the molecule is C[C@@H]1CN([C@@H](CNC(=O)C2(N)CC2)c2c(F)cccc2Cl)CCO1. The lowest BCUT2D eigenvalue weighted by molar-refractivity contribution is -0.123. The normalized spacial score (nSPS) is 24.4. The third-order valence-corrected chi connectivity index (χ3v) is 5.07. The molecule has 0 radical (unpaired) electrons. The number of carbonyl (C=O) groups is 1. The number of nitrogens with one attached hydrogen (secondary N) is 1. The van der Waals surface area contributed by atoms with Gasteiger partial charge in [-0.15, -0.1) is 0 Å². The number of benzene rings is 1. The lowest BCUT2D eigenvalue weighted by Crippen LogP contribution is -2.49. The van der Waals surface area contributed by atoms with Crippen LogP contribution in [-0.2, 0) is 9.53 Å². The molecule has 0 unspecified atom stereocenters. The molecule has 2 atom stereocenters. The Balaban J connectivity index is 1.81. The van der Waals surface area contributed by atoms with Crippen LogP contribution >= 0.6 is 11.6 Å². The van der Waals surface area contributed by atoms with Gasteiger partial charge in [-0.25, -0.2) is 4.39 Å². The van der Waals surface area contributed by atoms with Gasteiger partial charge in [-0.1, -0.05) is 17.7 Å². The first-order valence-corrected chi connectivity index (χ1v) is 8.65. The minimum absolute atomic E-state index is 0.0479. The van der Waals surface area contributed by atoms with E-state index in [9.17, 15) is 9.18 Å². The molecule has 1 aliphatic heterocycles. The zero-order chi connectivity index (χ0) is 17.3. The van der Waals surface area contributed by atoms with Crippen LogP contribution in [0.4, 0.5) is 4.39 Å². The van der Waals surface area contributed by atoms with E-state index in [1.807, 2.05) is 6.92 Å². The Hall–Kier alpha value is -1.21. The summed E-state index contributed by atoms with van der Waals surface area (Å²) in [6.07, 6.45) is 1.43. The Kier molecular flexibility index (Phi) is 5.11. The van der Waals surface area contributed by atoms with Gasteiger partial charge in [0, 0.05) is 30.2 Å². The van der Waals surface area contributed by atoms with Gasteiger partial charge in [0.15, 0.2) is 0 Å². The van der Waals surface area contributed by atoms with Gasteiger partial charge < -0.3 is 15.8 Å². The highest BCUT2D eigenvalue weighted by molar-refractivity contribution is 6.31. The summed E-state index contributed by atoms with van der Waals surface area (Å²) in [4.78, 5) is 14.3. The number of nitrogens with zero attached hydrogens (tertiary/aromatic N) is 1. The Morgan fingerprint density at radius 2 is 2.33 bits per heavy atom. The number of amides is 1. The van der Waals surface area contributed by atoms with E-state index in [-0.39, 0.29) is 30.4 Å². The first-order chi connectivity index (χ1) is 11.4. The fourth-order valence-electron chi connectivity index (χ4n) is 3.10. The molecule has 1 aliphatic carbocycles. The van der Waals surface area contributed by atoms with Gasteiger partial charge in [-0.05, 0) is 31.9 Å². The number of halogens is 2. The summed E-state index contributed by atoms with van der Waals surface area (Å²) in [6.45, 7) is 4.12. The van der Waals surface area contributed by atoms with Crippen molar-refractivity contribution in [2.45, 2.75) is 37.5 Å². The van der Waals surface area contributed by atoms with Gasteiger partial charge in [0.25, 0.3) is 0 Å². The van der Waals surface area contributed by atoms with Crippen LogP contribution in [0.3, 0.4) is 0 Å². The molecule has 1 amide bonds. The molecule has 1 heterocycles. The maximum atomic E-state index is 14.4. The van der Waals surface area contributed by atoms with E-state index < -0.39 is 5.54 Å². The van der Waals surface area contributed by atoms with Crippen LogP contribution in [0, 0.1) is 5.82 Å². The quantitative estimate of drug-likeness (QED) is 0.846. The van der Waals surface area contributed by atoms with Crippen molar-refractivity contribution in [3.8, 4) is 0 Å². The molecular formula is C17H23ClFN3O2. The molecule has 1 aromatic carbocycles. The van der Waals surface area contributed by atoms with Crippen LogP contribution in [0.15, 0.2) is 18.2 Å². The van der Waals surface area contributed by atoms with Crippen molar-refractivity contribution < 1.29 is 13.9 Å². The predicted molar refractivity (Wildman–Crippen MR) is 90.3 cm³/mol. The number of hydrogen-bond acceptors (Lipinski definition) is 4. The fourth-order valence-corrected chi connectivity index (χ4v) is 3.39. The molecular weight excluding hydrogens is 333 g/mol. The molecule has 1 saturated carbocycles. The van der Waals surface area contributed by atoms with E-state index in [1.54, 1.807) is 12.1 Å². The molecule has 2 fully saturated rings. The molecule has 132 valence electrons. The van der Waals surface area contributed by atoms with Crippen LogP contribution in [0.1, 0.15) is 31.4 Å². The largest absolute Gasteiger partial charge is 0.376 e. The van der Waals surface area contributed by atoms with E-state index in [4.69, 9.17) is 22.1 Å². The predicted octanol–water partition coefficient (Wildman–Crippen LogP) is 1.85. The van der Waals surface area contributed by atoms with Crippen molar-refractivity contribution in [3.05, 3.63) is 34.6 Å². The van der Waals surface area contributed by atoms with Gasteiger partial charge in [-0.3, -0.25) is 9.69 Å². The second-order valence-corrected chi connectivity index (χ2v) is 7.10. The summed E-state index contributed by atoms with van der Waals surface area (Å²) >= 11 is 6.26. The topological polar surface area (TPSA) is 67.6 Å². The van der Waals surface area contributed by atoms with Gasteiger partial charge in [-0.2, -0.15) is 0 Å². The number of rotatable bonds is 5. The number of morpholine rings is 1. The summed E-state index contributed by atoms with van der Waals surface area (Å²) in [5, 5.41) is 3.24. The summed E-state index contributed by atoms with van der Waals surface area (Å²) in [6, 6.07) is 4.30. The maximum absolute atomic E-state index is 14.4. The highest BCUT2D eigenvalue weighted by Crippen LogP contribution is 2.34. The minimum Gasteiger partial charge on any atom is -0.376 e. The Morgan fingerprint density at radius 1 is 1.58 bits per heavy atom. The molecule has 1 aromatic rings. The molecule has 3 N–H and O–H groups in total. The van der Waals surface area contributed by atoms with Gasteiger partial charge in [0.05, 0.1) is 24.3 Å². The van der Waals surface area contributed by atoms with Crippen LogP contribution in [0.25, 0.3) is 0 Å². The van der Waals surface area contributed by atoms with Crippen molar-refractivity contribution >= 4 is 17.5 Å². The fraction of sp³-hybridized carbons (Fsp3) is 0.588. The third-order valence-electron chi connectivity index (χ3n) is 4.74. The van der Waals surface area contributed by atoms with Crippen molar-refractivity contribution in [3.63, 3.8) is 0 Å². The summed E-state index contributed by atoms with van der Waals surface area (Å²) < 4.78 is 20.0. The summed E-state index contributed by atoms with van der Waals surface area (Å²) in [5.41, 5.74) is 5.59. The highest BCUT2D eigenvalue weighted by atomic mass is 35.5. The molecule has 24 heavy (non-hydrogen) atoms. The van der Waals surface area contributed by atoms with E-state index in [1.165, 1.54) is 6.07 Å². The van der Waals surface area contributed by atoms with E-state index in [0.717, 1.165) is 0 Å². The van der Waals surface area contributed by atoms with Crippen molar-refractivity contribution in [2.24, 2.45) is 5.73 Å². The van der Waals surface area contributed by atoms with E-state index >= 15 is 0 Å². The minimum atomic E-state index is -0.748. The van der Waals surface area contributed by atoms with E-state index in [0.29, 0.717) is 43.1 Å². The zero-order valence-electron chi connectivity index (χ0n) is 13.7. The summed E-state index contributed by atoms with van der Waals surface area (Å²) in [5.74, 6) is -0.545. The Morgan fingerprint density at radius 3 is 2.96 bits per heavy atom. The third kappa shape index (κ3) is 3.72. The lowest BCUT2D eigenvalue weighted by Gasteiger charge is -2.38. The highest BCUT2D eigenvalue weighted by Gasteiger charge is 2.46. The van der Waals surface area contributed by atoms with Crippen LogP contribution in [0.2, 0.25) is 5.02 Å². The van der Waals surface area contributed by atoms with Crippen LogP contribution < -0.4 is 11.1 Å². The number of hydrogen-bond donors (Lipinski definition) is 2. The standard InChI is InChI=1S/C17H23ClFN3O2/c1-11-10-22(7-8-24-11)14(9-21-16(23)17(20)5-6-17)15-12(18)3-2-4-13(15)19/h2-4,11,14H,5-10,20H2,1H3,(H,21,23)/t11-,14+/m1/s1. The lowest BCUT2D eigenvalue weighted by atomic mass is 10.0. The average Bonchev–Trinajstić information content (AvgIpc) is 3.29. The molecule has 5 nitrogen and oxygen atoms in total. The van der Waals surface area contributed by atoms with Gasteiger partial charge >= 0.3 is 0 Å². The molecule has 1 saturated heterocycles. The molecule has 7 heteroatoms. The Labute approximate surface area is 146 Å².